The fourth-order valence-corrected chi connectivity index (χ4v) is 3.66. The van der Waals surface area contributed by atoms with Crippen molar-refractivity contribution in [1.82, 2.24) is 14.7 Å². The van der Waals surface area contributed by atoms with Crippen molar-refractivity contribution >= 4 is 0 Å². The highest BCUT2D eigenvalue weighted by molar-refractivity contribution is 5.66. The first kappa shape index (κ1) is 16.2. The molecule has 3 rings (SSSR count). The van der Waals surface area contributed by atoms with Crippen molar-refractivity contribution in [2.24, 2.45) is 18.7 Å². The molecule has 1 aromatic carbocycles. The molecule has 2 heterocycles. The average Bonchev–Trinajstić information content (AvgIpc) is 2.96. The number of rotatable bonds is 5. The van der Waals surface area contributed by atoms with E-state index in [1.807, 2.05) is 17.9 Å². The summed E-state index contributed by atoms with van der Waals surface area (Å²) in [7, 11) is 1.97. The van der Waals surface area contributed by atoms with Gasteiger partial charge in [-0.2, -0.15) is 5.10 Å². The second kappa shape index (κ2) is 7.28. The first-order chi connectivity index (χ1) is 11.2. The third kappa shape index (κ3) is 4.01. The standard InChI is InChI=1S/C19H28N4/c1-15-5-6-17(19(10-15)18-11-21-22(2)13-18)14-23-9-3-4-16(12-23)7-8-20/h5-6,10-11,13,16H,3-4,7-9,12,14,20H2,1-2H3. The molecule has 124 valence electrons. The number of aryl methyl sites for hydroxylation is 2. The van der Waals surface area contributed by atoms with Crippen LogP contribution < -0.4 is 5.73 Å². The van der Waals surface area contributed by atoms with Crippen molar-refractivity contribution in [2.75, 3.05) is 19.6 Å². The van der Waals surface area contributed by atoms with Crippen LogP contribution in [0.3, 0.4) is 0 Å². The monoisotopic (exact) mass is 312 g/mol. The number of hydrogen-bond donors (Lipinski definition) is 1. The summed E-state index contributed by atoms with van der Waals surface area (Å²) >= 11 is 0. The van der Waals surface area contributed by atoms with Crippen LogP contribution in [-0.4, -0.2) is 34.3 Å². The van der Waals surface area contributed by atoms with Gasteiger partial charge in [-0.25, -0.2) is 0 Å². The van der Waals surface area contributed by atoms with Crippen LogP contribution in [0, 0.1) is 12.8 Å². The van der Waals surface area contributed by atoms with E-state index in [4.69, 9.17) is 5.73 Å². The van der Waals surface area contributed by atoms with Gasteiger partial charge in [0.05, 0.1) is 6.20 Å². The van der Waals surface area contributed by atoms with Gasteiger partial charge in [0.1, 0.15) is 0 Å². The second-order valence-electron chi connectivity index (χ2n) is 6.88. The highest BCUT2D eigenvalue weighted by atomic mass is 15.2. The largest absolute Gasteiger partial charge is 0.330 e. The molecule has 0 saturated carbocycles. The van der Waals surface area contributed by atoms with Gasteiger partial charge < -0.3 is 5.73 Å². The molecule has 4 nitrogen and oxygen atoms in total. The summed E-state index contributed by atoms with van der Waals surface area (Å²) in [5, 5.41) is 4.34. The minimum atomic E-state index is 0.765. The Morgan fingerprint density at radius 1 is 1.35 bits per heavy atom. The number of aromatic nitrogens is 2. The number of hydrogen-bond acceptors (Lipinski definition) is 3. The number of nitrogens with two attached hydrogens (primary N) is 1. The summed E-state index contributed by atoms with van der Waals surface area (Å²) in [5.41, 5.74) is 11.0. The van der Waals surface area contributed by atoms with E-state index >= 15 is 0 Å². The third-order valence-electron chi connectivity index (χ3n) is 4.85. The predicted molar refractivity (Wildman–Crippen MR) is 95.1 cm³/mol. The molecule has 1 unspecified atom stereocenters. The van der Waals surface area contributed by atoms with Crippen molar-refractivity contribution < 1.29 is 0 Å². The summed E-state index contributed by atoms with van der Waals surface area (Å²) in [6, 6.07) is 6.79. The van der Waals surface area contributed by atoms with Crippen LogP contribution in [0.25, 0.3) is 11.1 Å². The van der Waals surface area contributed by atoms with Gasteiger partial charge >= 0.3 is 0 Å². The maximum absolute atomic E-state index is 5.75. The molecule has 2 aromatic rings. The van der Waals surface area contributed by atoms with Crippen molar-refractivity contribution in [3.63, 3.8) is 0 Å². The fourth-order valence-electron chi connectivity index (χ4n) is 3.66. The zero-order chi connectivity index (χ0) is 16.2. The number of piperidine rings is 1. The van der Waals surface area contributed by atoms with Gasteiger partial charge in [-0.3, -0.25) is 9.58 Å². The lowest BCUT2D eigenvalue weighted by Crippen LogP contribution is -2.35. The van der Waals surface area contributed by atoms with E-state index in [1.165, 1.54) is 48.2 Å². The molecular formula is C19H28N4. The highest BCUT2D eigenvalue weighted by Crippen LogP contribution is 2.28. The minimum absolute atomic E-state index is 0.765. The molecule has 0 aliphatic carbocycles. The maximum atomic E-state index is 5.75. The Hall–Kier alpha value is -1.65. The molecule has 0 bridgehead atoms. The first-order valence-corrected chi connectivity index (χ1v) is 8.66. The van der Waals surface area contributed by atoms with Gasteiger partial charge in [-0.05, 0) is 56.3 Å². The van der Waals surface area contributed by atoms with E-state index in [0.29, 0.717) is 0 Å². The normalized spacial score (nSPS) is 19.2. The lowest BCUT2D eigenvalue weighted by molar-refractivity contribution is 0.163. The van der Waals surface area contributed by atoms with Crippen LogP contribution in [0.1, 0.15) is 30.4 Å². The summed E-state index contributed by atoms with van der Waals surface area (Å²) in [5.74, 6) is 0.765. The maximum Gasteiger partial charge on any atom is 0.0568 e. The molecule has 0 amide bonds. The Labute approximate surface area is 139 Å². The Morgan fingerprint density at radius 3 is 2.96 bits per heavy atom. The zero-order valence-electron chi connectivity index (χ0n) is 14.3. The minimum Gasteiger partial charge on any atom is -0.330 e. The van der Waals surface area contributed by atoms with Gasteiger partial charge in [0.2, 0.25) is 0 Å². The quantitative estimate of drug-likeness (QED) is 0.923. The Kier molecular flexibility index (Phi) is 5.13. The number of likely N-dealkylation sites (tertiary alicyclic amines) is 1. The van der Waals surface area contributed by atoms with Crippen LogP contribution in [0.4, 0.5) is 0 Å². The molecule has 1 aromatic heterocycles. The molecule has 1 atom stereocenters. The molecule has 2 N–H and O–H groups in total. The molecule has 1 aliphatic rings. The van der Waals surface area contributed by atoms with Crippen LogP contribution in [0.5, 0.6) is 0 Å². The van der Waals surface area contributed by atoms with Gasteiger partial charge in [-0.1, -0.05) is 23.8 Å². The van der Waals surface area contributed by atoms with Crippen molar-refractivity contribution in [3.05, 3.63) is 41.7 Å². The average molecular weight is 312 g/mol. The highest BCUT2D eigenvalue weighted by Gasteiger charge is 2.20. The number of nitrogens with zero attached hydrogens (tertiary/aromatic N) is 3. The van der Waals surface area contributed by atoms with E-state index in [1.54, 1.807) is 0 Å². The smallest absolute Gasteiger partial charge is 0.0568 e. The van der Waals surface area contributed by atoms with Crippen LogP contribution >= 0.6 is 0 Å². The molecule has 0 spiro atoms. The lowest BCUT2D eigenvalue weighted by Gasteiger charge is -2.33. The molecular weight excluding hydrogens is 284 g/mol. The number of benzene rings is 1. The summed E-state index contributed by atoms with van der Waals surface area (Å²) in [6.07, 6.45) is 7.84. The van der Waals surface area contributed by atoms with Crippen LogP contribution in [0.2, 0.25) is 0 Å². The second-order valence-corrected chi connectivity index (χ2v) is 6.88. The molecule has 1 fully saturated rings. The van der Waals surface area contributed by atoms with Crippen molar-refractivity contribution in [3.8, 4) is 11.1 Å². The Balaban J connectivity index is 1.80. The lowest BCUT2D eigenvalue weighted by atomic mass is 9.93. The molecule has 0 radical (unpaired) electrons. The first-order valence-electron chi connectivity index (χ1n) is 8.66. The van der Waals surface area contributed by atoms with Crippen LogP contribution in [-0.2, 0) is 13.6 Å². The van der Waals surface area contributed by atoms with E-state index in [-0.39, 0.29) is 0 Å². The molecule has 4 heteroatoms. The zero-order valence-corrected chi connectivity index (χ0v) is 14.3. The van der Waals surface area contributed by atoms with Gasteiger partial charge in [-0.15, -0.1) is 0 Å². The van der Waals surface area contributed by atoms with E-state index in [2.05, 4.69) is 41.3 Å². The van der Waals surface area contributed by atoms with Gasteiger partial charge in [0, 0.05) is 31.9 Å². The predicted octanol–water partition coefficient (Wildman–Crippen LogP) is 2.96. The summed E-state index contributed by atoms with van der Waals surface area (Å²) < 4.78 is 1.87. The molecule has 1 aliphatic heterocycles. The Bertz CT molecular complexity index is 645. The van der Waals surface area contributed by atoms with Crippen LogP contribution in [0.15, 0.2) is 30.6 Å². The van der Waals surface area contributed by atoms with E-state index < -0.39 is 0 Å². The Morgan fingerprint density at radius 2 is 2.22 bits per heavy atom. The third-order valence-corrected chi connectivity index (χ3v) is 4.85. The topological polar surface area (TPSA) is 47.1 Å². The summed E-state index contributed by atoms with van der Waals surface area (Å²) in [4.78, 5) is 2.59. The van der Waals surface area contributed by atoms with Crippen molar-refractivity contribution in [1.29, 1.82) is 0 Å². The fraction of sp³-hybridized carbons (Fsp3) is 0.526. The SMILES string of the molecule is Cc1ccc(CN2CCCC(CCN)C2)c(-c2cnn(C)c2)c1. The van der Waals surface area contributed by atoms with E-state index in [0.717, 1.165) is 25.4 Å². The summed E-state index contributed by atoms with van der Waals surface area (Å²) in [6.45, 7) is 6.36. The molecule has 23 heavy (non-hydrogen) atoms. The van der Waals surface area contributed by atoms with Gasteiger partial charge in [0.15, 0.2) is 0 Å². The van der Waals surface area contributed by atoms with E-state index in [9.17, 15) is 0 Å². The van der Waals surface area contributed by atoms with Crippen molar-refractivity contribution in [2.45, 2.75) is 32.7 Å². The van der Waals surface area contributed by atoms with Gasteiger partial charge in [0.25, 0.3) is 0 Å². The molecule has 1 saturated heterocycles.